The molecule has 0 radical (unpaired) electrons. The molecule has 4 rings (SSSR count). The summed E-state index contributed by atoms with van der Waals surface area (Å²) in [5.74, 6) is 1.72. The lowest BCUT2D eigenvalue weighted by molar-refractivity contribution is -0.113. The van der Waals surface area contributed by atoms with Gasteiger partial charge in [0.15, 0.2) is 11.5 Å². The van der Waals surface area contributed by atoms with E-state index in [1.165, 1.54) is 11.8 Å². The van der Waals surface area contributed by atoms with Crippen LogP contribution < -0.4 is 14.8 Å². The number of nitrogens with zero attached hydrogens (tertiary/aromatic N) is 1. The van der Waals surface area contributed by atoms with Gasteiger partial charge in [-0.05, 0) is 49.6 Å². The number of anilines is 1. The number of rotatable bonds is 4. The third-order valence-electron chi connectivity index (χ3n) is 4.54. The Morgan fingerprint density at radius 2 is 1.78 bits per heavy atom. The van der Waals surface area contributed by atoms with Crippen LogP contribution in [-0.4, -0.2) is 23.4 Å². The predicted octanol–water partition coefficient (Wildman–Crippen LogP) is 4.62. The van der Waals surface area contributed by atoms with Gasteiger partial charge in [0.1, 0.15) is 5.03 Å². The Morgan fingerprint density at radius 1 is 1.07 bits per heavy atom. The summed E-state index contributed by atoms with van der Waals surface area (Å²) in [5, 5.41) is 4.86. The molecule has 0 unspecified atom stereocenters. The van der Waals surface area contributed by atoms with E-state index < -0.39 is 0 Å². The number of hydrogen-bond acceptors (Lipinski definition) is 5. The van der Waals surface area contributed by atoms with Crippen LogP contribution in [0.3, 0.4) is 0 Å². The molecule has 2 aromatic carbocycles. The minimum absolute atomic E-state index is 0.0376. The molecule has 0 bridgehead atoms. The fourth-order valence-corrected chi connectivity index (χ4v) is 3.91. The Balaban J connectivity index is 1.51. The molecule has 27 heavy (non-hydrogen) atoms. The quantitative estimate of drug-likeness (QED) is 0.669. The Morgan fingerprint density at radius 3 is 2.52 bits per heavy atom. The van der Waals surface area contributed by atoms with Gasteiger partial charge in [-0.3, -0.25) is 4.79 Å². The van der Waals surface area contributed by atoms with E-state index in [4.69, 9.17) is 14.5 Å². The van der Waals surface area contributed by atoms with Gasteiger partial charge in [0.05, 0.1) is 11.3 Å². The molecule has 6 heteroatoms. The summed E-state index contributed by atoms with van der Waals surface area (Å²) in [6.07, 6.45) is 0. The molecule has 0 saturated heterocycles. The maximum atomic E-state index is 12.4. The first-order chi connectivity index (χ1) is 13.0. The molecule has 1 aromatic heterocycles. The molecule has 0 saturated carbocycles. The molecule has 2 heterocycles. The Bertz CT molecular complexity index is 1030. The molecule has 1 aliphatic heterocycles. The summed E-state index contributed by atoms with van der Waals surface area (Å²) in [6, 6.07) is 11.9. The van der Waals surface area contributed by atoms with Crippen LogP contribution in [0.25, 0.3) is 10.9 Å². The van der Waals surface area contributed by atoms with Crippen molar-refractivity contribution in [2.45, 2.75) is 25.8 Å². The molecule has 3 aromatic rings. The summed E-state index contributed by atoms with van der Waals surface area (Å²) in [4.78, 5) is 17.1. The van der Waals surface area contributed by atoms with Crippen molar-refractivity contribution in [3.8, 4) is 11.5 Å². The zero-order chi connectivity index (χ0) is 19.0. The fraction of sp³-hybridized carbons (Fsp3) is 0.238. The van der Waals surface area contributed by atoms with Crippen LogP contribution in [-0.2, 0) is 4.79 Å². The minimum Gasteiger partial charge on any atom is -0.454 e. The SMILES string of the molecule is Cc1cc2cc3c(cc2nc1SCC(=O)Nc1c(C)cccc1C)OCO3. The summed E-state index contributed by atoms with van der Waals surface area (Å²) in [6.45, 7) is 6.23. The maximum Gasteiger partial charge on any atom is 0.234 e. The van der Waals surface area contributed by atoms with Crippen LogP contribution in [0, 0.1) is 20.8 Å². The smallest absolute Gasteiger partial charge is 0.234 e. The van der Waals surface area contributed by atoms with Gasteiger partial charge in [-0.2, -0.15) is 0 Å². The molecule has 138 valence electrons. The van der Waals surface area contributed by atoms with E-state index in [9.17, 15) is 4.79 Å². The average Bonchev–Trinajstić information content (AvgIpc) is 3.08. The van der Waals surface area contributed by atoms with Crippen molar-refractivity contribution >= 4 is 34.3 Å². The highest BCUT2D eigenvalue weighted by Gasteiger charge is 2.16. The number of aromatic nitrogens is 1. The average molecular weight is 380 g/mol. The van der Waals surface area contributed by atoms with E-state index in [-0.39, 0.29) is 12.7 Å². The van der Waals surface area contributed by atoms with Crippen molar-refractivity contribution in [1.29, 1.82) is 0 Å². The number of para-hydroxylation sites is 1. The van der Waals surface area contributed by atoms with E-state index in [0.717, 1.165) is 44.1 Å². The van der Waals surface area contributed by atoms with Gasteiger partial charge in [0, 0.05) is 17.1 Å². The van der Waals surface area contributed by atoms with Crippen molar-refractivity contribution in [3.63, 3.8) is 0 Å². The number of hydrogen-bond donors (Lipinski definition) is 1. The topological polar surface area (TPSA) is 60.5 Å². The van der Waals surface area contributed by atoms with Crippen molar-refractivity contribution in [2.24, 2.45) is 0 Å². The molecule has 0 fully saturated rings. The third-order valence-corrected chi connectivity index (χ3v) is 5.63. The van der Waals surface area contributed by atoms with E-state index in [2.05, 4.69) is 11.4 Å². The van der Waals surface area contributed by atoms with Gasteiger partial charge < -0.3 is 14.8 Å². The highest BCUT2D eigenvalue weighted by molar-refractivity contribution is 8.00. The zero-order valence-electron chi connectivity index (χ0n) is 15.5. The van der Waals surface area contributed by atoms with E-state index >= 15 is 0 Å². The zero-order valence-corrected chi connectivity index (χ0v) is 16.3. The lowest BCUT2D eigenvalue weighted by atomic mass is 10.1. The van der Waals surface area contributed by atoms with Gasteiger partial charge in [0.2, 0.25) is 12.7 Å². The number of fused-ring (bicyclic) bond motifs is 2. The van der Waals surface area contributed by atoms with E-state index in [1.54, 1.807) is 0 Å². The van der Waals surface area contributed by atoms with Crippen molar-refractivity contribution in [3.05, 3.63) is 53.1 Å². The normalized spacial score (nSPS) is 12.4. The largest absolute Gasteiger partial charge is 0.454 e. The standard InChI is InChI=1S/C21H20N2O3S/c1-12-5-4-6-13(2)20(12)23-19(24)10-27-21-14(3)7-15-8-17-18(26-11-25-17)9-16(15)22-21/h4-9H,10-11H2,1-3H3,(H,23,24). The van der Waals surface area contributed by atoms with Gasteiger partial charge in [0.25, 0.3) is 0 Å². The highest BCUT2D eigenvalue weighted by atomic mass is 32.2. The monoisotopic (exact) mass is 380 g/mol. The Labute approximate surface area is 162 Å². The van der Waals surface area contributed by atoms with Crippen molar-refractivity contribution in [2.75, 3.05) is 17.9 Å². The van der Waals surface area contributed by atoms with Crippen LogP contribution >= 0.6 is 11.8 Å². The van der Waals surface area contributed by atoms with Gasteiger partial charge in [-0.25, -0.2) is 4.98 Å². The second-order valence-corrected chi connectivity index (χ2v) is 7.58. The summed E-state index contributed by atoms with van der Waals surface area (Å²) >= 11 is 1.44. The summed E-state index contributed by atoms with van der Waals surface area (Å²) in [5.41, 5.74) is 4.88. The molecule has 5 nitrogen and oxygen atoms in total. The fourth-order valence-electron chi connectivity index (χ4n) is 3.12. The highest BCUT2D eigenvalue weighted by Crippen LogP contribution is 2.36. The molecule has 1 N–H and O–H groups in total. The first-order valence-electron chi connectivity index (χ1n) is 8.71. The van der Waals surface area contributed by atoms with Crippen LogP contribution in [0.4, 0.5) is 5.69 Å². The van der Waals surface area contributed by atoms with Crippen LogP contribution in [0.2, 0.25) is 0 Å². The Kier molecular flexibility index (Phi) is 4.66. The molecule has 0 spiro atoms. The second-order valence-electron chi connectivity index (χ2n) is 6.61. The number of carbonyl (C=O) groups excluding carboxylic acids is 1. The number of ether oxygens (including phenoxy) is 2. The summed E-state index contributed by atoms with van der Waals surface area (Å²) < 4.78 is 10.9. The molecular formula is C21H20N2O3S. The lowest BCUT2D eigenvalue weighted by Crippen LogP contribution is -2.16. The predicted molar refractivity (Wildman–Crippen MR) is 108 cm³/mol. The molecule has 1 aliphatic rings. The number of nitrogens with one attached hydrogen (secondary N) is 1. The number of pyridine rings is 1. The van der Waals surface area contributed by atoms with Crippen LogP contribution in [0.5, 0.6) is 11.5 Å². The summed E-state index contributed by atoms with van der Waals surface area (Å²) in [7, 11) is 0. The number of amides is 1. The van der Waals surface area contributed by atoms with Gasteiger partial charge >= 0.3 is 0 Å². The number of thioether (sulfide) groups is 1. The van der Waals surface area contributed by atoms with Crippen molar-refractivity contribution < 1.29 is 14.3 Å². The first-order valence-corrected chi connectivity index (χ1v) is 9.69. The molecular weight excluding hydrogens is 360 g/mol. The van der Waals surface area contributed by atoms with Crippen LogP contribution in [0.15, 0.2) is 41.4 Å². The number of benzene rings is 2. The van der Waals surface area contributed by atoms with E-state index in [0.29, 0.717) is 11.5 Å². The van der Waals surface area contributed by atoms with Gasteiger partial charge in [-0.15, -0.1) is 0 Å². The maximum absolute atomic E-state index is 12.4. The van der Waals surface area contributed by atoms with Crippen LogP contribution in [0.1, 0.15) is 16.7 Å². The minimum atomic E-state index is -0.0376. The number of aryl methyl sites for hydroxylation is 3. The van der Waals surface area contributed by atoms with Gasteiger partial charge in [-0.1, -0.05) is 30.0 Å². The van der Waals surface area contributed by atoms with E-state index in [1.807, 2.05) is 51.1 Å². The lowest BCUT2D eigenvalue weighted by Gasteiger charge is -2.12. The molecule has 1 amide bonds. The first kappa shape index (κ1) is 17.7. The Hall–Kier alpha value is -2.73. The number of carbonyl (C=O) groups is 1. The van der Waals surface area contributed by atoms with Crippen molar-refractivity contribution in [1.82, 2.24) is 4.98 Å². The second kappa shape index (κ2) is 7.12. The third kappa shape index (κ3) is 3.57. The molecule has 0 atom stereocenters. The molecule has 0 aliphatic carbocycles.